The van der Waals surface area contributed by atoms with E-state index in [1.807, 2.05) is 19.9 Å². The number of halogens is 2. The molecule has 0 heterocycles. The number of rotatable bonds is 8. The van der Waals surface area contributed by atoms with Gasteiger partial charge in [-0.3, -0.25) is 9.10 Å². The average Bonchev–Trinajstić information content (AvgIpc) is 2.78. The number of hydrogen-bond acceptors (Lipinski definition) is 5. The number of nitrogens with one attached hydrogen (secondary N) is 1. The Kier molecular flexibility index (Phi) is 7.97. The molecule has 0 aromatic heterocycles. The van der Waals surface area contributed by atoms with E-state index in [2.05, 4.69) is 5.32 Å². The van der Waals surface area contributed by atoms with Crippen molar-refractivity contribution in [3.63, 3.8) is 0 Å². The van der Waals surface area contributed by atoms with Crippen LogP contribution in [0.25, 0.3) is 0 Å². The minimum absolute atomic E-state index is 0.0494. The molecule has 0 saturated carbocycles. The van der Waals surface area contributed by atoms with Crippen molar-refractivity contribution in [2.45, 2.75) is 18.7 Å². The number of amides is 1. The first-order valence-corrected chi connectivity index (χ1v) is 12.3. The molecule has 0 aliphatic heterocycles. The summed E-state index contributed by atoms with van der Waals surface area (Å²) in [7, 11) is -1.28. The van der Waals surface area contributed by atoms with Crippen molar-refractivity contribution in [2.75, 3.05) is 30.4 Å². The van der Waals surface area contributed by atoms with Crippen LogP contribution in [0.4, 0.5) is 11.4 Å². The Morgan fingerprint density at radius 3 is 2.12 bits per heavy atom. The number of benzene rings is 3. The fourth-order valence-electron chi connectivity index (χ4n) is 3.42. The minimum Gasteiger partial charge on any atom is -0.493 e. The van der Waals surface area contributed by atoms with E-state index in [4.69, 9.17) is 32.7 Å². The van der Waals surface area contributed by atoms with Crippen molar-refractivity contribution < 1.29 is 22.7 Å². The van der Waals surface area contributed by atoms with Crippen LogP contribution in [-0.4, -0.2) is 35.1 Å². The summed E-state index contributed by atoms with van der Waals surface area (Å²) < 4.78 is 39.0. The van der Waals surface area contributed by atoms with Crippen LogP contribution in [0.15, 0.2) is 59.5 Å². The number of aryl methyl sites for hydroxylation is 2. The number of carbonyl (C=O) groups excluding carboxylic acids is 1. The Morgan fingerprint density at radius 1 is 0.882 bits per heavy atom. The molecule has 0 aliphatic carbocycles. The Morgan fingerprint density at radius 2 is 1.53 bits per heavy atom. The molecule has 0 unspecified atom stereocenters. The van der Waals surface area contributed by atoms with Gasteiger partial charge in [0.05, 0.1) is 34.8 Å². The van der Waals surface area contributed by atoms with Gasteiger partial charge in [-0.2, -0.15) is 0 Å². The fraction of sp³-hybridized carbons (Fsp3) is 0.208. The molecule has 0 spiro atoms. The lowest BCUT2D eigenvalue weighted by molar-refractivity contribution is -0.114. The lowest BCUT2D eigenvalue weighted by Gasteiger charge is -2.25. The predicted molar refractivity (Wildman–Crippen MR) is 135 cm³/mol. The van der Waals surface area contributed by atoms with Crippen molar-refractivity contribution in [1.82, 2.24) is 0 Å². The van der Waals surface area contributed by atoms with Crippen molar-refractivity contribution in [3.8, 4) is 11.5 Å². The molecule has 10 heteroatoms. The Balaban J connectivity index is 2.03. The summed E-state index contributed by atoms with van der Waals surface area (Å²) in [6, 6.07) is 14.2. The largest absolute Gasteiger partial charge is 0.493 e. The number of anilines is 2. The van der Waals surface area contributed by atoms with Crippen LogP contribution in [-0.2, 0) is 14.8 Å². The summed E-state index contributed by atoms with van der Waals surface area (Å²) in [5.41, 5.74) is 2.46. The van der Waals surface area contributed by atoms with Gasteiger partial charge >= 0.3 is 0 Å². The van der Waals surface area contributed by atoms with Crippen molar-refractivity contribution in [1.29, 1.82) is 0 Å². The number of ether oxygens (including phenoxy) is 2. The summed E-state index contributed by atoms with van der Waals surface area (Å²) >= 11 is 12.0. The molecule has 180 valence electrons. The molecule has 1 N–H and O–H groups in total. The third-order valence-electron chi connectivity index (χ3n) is 4.93. The summed E-state index contributed by atoms with van der Waals surface area (Å²) in [6.45, 7) is 3.24. The maximum atomic E-state index is 13.7. The second-order valence-corrected chi connectivity index (χ2v) is 10.2. The van der Waals surface area contributed by atoms with E-state index in [9.17, 15) is 13.2 Å². The molecule has 1 amide bonds. The van der Waals surface area contributed by atoms with E-state index in [0.29, 0.717) is 22.1 Å². The van der Waals surface area contributed by atoms with Crippen molar-refractivity contribution >= 4 is 50.5 Å². The fourth-order valence-corrected chi connectivity index (χ4v) is 5.14. The van der Waals surface area contributed by atoms with Gasteiger partial charge in [-0.1, -0.05) is 29.3 Å². The monoisotopic (exact) mass is 522 g/mol. The molecule has 0 saturated heterocycles. The summed E-state index contributed by atoms with van der Waals surface area (Å²) in [5.74, 6) is 0.0857. The van der Waals surface area contributed by atoms with E-state index < -0.39 is 22.5 Å². The van der Waals surface area contributed by atoms with E-state index in [1.54, 1.807) is 24.3 Å². The quantitative estimate of drug-likeness (QED) is 0.424. The minimum atomic E-state index is -4.16. The van der Waals surface area contributed by atoms with Gasteiger partial charge in [0.25, 0.3) is 10.0 Å². The highest BCUT2D eigenvalue weighted by Crippen LogP contribution is 2.33. The van der Waals surface area contributed by atoms with Crippen LogP contribution in [0.5, 0.6) is 11.5 Å². The Bertz CT molecular complexity index is 1310. The van der Waals surface area contributed by atoms with Crippen LogP contribution in [0.1, 0.15) is 11.1 Å². The first-order chi connectivity index (χ1) is 16.0. The zero-order valence-electron chi connectivity index (χ0n) is 19.1. The van der Waals surface area contributed by atoms with Gasteiger partial charge in [0.1, 0.15) is 6.54 Å². The lowest BCUT2D eigenvalue weighted by atomic mass is 10.1. The van der Waals surface area contributed by atoms with Crippen LogP contribution >= 0.6 is 23.2 Å². The number of carbonyl (C=O) groups is 1. The second-order valence-electron chi connectivity index (χ2n) is 7.55. The van der Waals surface area contributed by atoms with E-state index in [-0.39, 0.29) is 15.7 Å². The molecular formula is C24H24Cl2N2O5S. The van der Waals surface area contributed by atoms with Gasteiger partial charge in [0.2, 0.25) is 5.91 Å². The summed E-state index contributed by atoms with van der Waals surface area (Å²) in [6.07, 6.45) is 0. The maximum absolute atomic E-state index is 13.7. The Labute approximate surface area is 209 Å². The SMILES string of the molecule is COc1ccc(S(=O)(=O)N(CC(=O)Nc2ccc(Cl)c(Cl)c2)c2cc(C)cc(C)c2)cc1OC. The van der Waals surface area contributed by atoms with Crippen molar-refractivity contribution in [3.05, 3.63) is 75.8 Å². The van der Waals surface area contributed by atoms with E-state index in [1.165, 1.54) is 38.5 Å². The third kappa shape index (κ3) is 5.75. The highest BCUT2D eigenvalue weighted by molar-refractivity contribution is 7.92. The van der Waals surface area contributed by atoms with Crippen molar-refractivity contribution in [2.24, 2.45) is 0 Å². The first-order valence-electron chi connectivity index (χ1n) is 10.1. The summed E-state index contributed by atoms with van der Waals surface area (Å²) in [5, 5.41) is 3.28. The zero-order chi connectivity index (χ0) is 25.0. The molecular weight excluding hydrogens is 499 g/mol. The Hall–Kier alpha value is -2.94. The molecule has 34 heavy (non-hydrogen) atoms. The standard InChI is InChI=1S/C24H24Cl2N2O5S/c1-15-9-16(2)11-18(10-15)28(14-24(29)27-17-5-7-20(25)21(26)12-17)34(30,31)19-6-8-22(32-3)23(13-19)33-4/h5-13H,14H2,1-4H3,(H,27,29). The lowest BCUT2D eigenvalue weighted by Crippen LogP contribution is -2.38. The highest BCUT2D eigenvalue weighted by Gasteiger charge is 2.29. The van der Waals surface area contributed by atoms with Gasteiger partial charge in [-0.05, 0) is 67.4 Å². The predicted octanol–water partition coefficient (Wildman–Crippen LogP) is 5.46. The number of nitrogens with zero attached hydrogens (tertiary/aromatic N) is 1. The van der Waals surface area contributed by atoms with E-state index in [0.717, 1.165) is 15.4 Å². The van der Waals surface area contributed by atoms with Crippen LogP contribution in [0.2, 0.25) is 10.0 Å². The smallest absolute Gasteiger partial charge is 0.264 e. The van der Waals surface area contributed by atoms with Gasteiger partial charge in [-0.25, -0.2) is 8.42 Å². The van der Waals surface area contributed by atoms with Crippen LogP contribution in [0, 0.1) is 13.8 Å². The highest BCUT2D eigenvalue weighted by atomic mass is 35.5. The molecule has 0 fully saturated rings. The second kappa shape index (κ2) is 10.5. The number of sulfonamides is 1. The maximum Gasteiger partial charge on any atom is 0.264 e. The molecule has 0 bridgehead atoms. The number of hydrogen-bond donors (Lipinski definition) is 1. The molecule has 0 aliphatic rings. The average molecular weight is 523 g/mol. The normalized spacial score (nSPS) is 11.1. The molecule has 3 rings (SSSR count). The van der Waals surface area contributed by atoms with Gasteiger partial charge in [-0.15, -0.1) is 0 Å². The van der Waals surface area contributed by atoms with E-state index >= 15 is 0 Å². The molecule has 3 aromatic rings. The van der Waals surface area contributed by atoms with Gasteiger partial charge in [0, 0.05) is 11.8 Å². The topological polar surface area (TPSA) is 84.9 Å². The molecule has 0 atom stereocenters. The first kappa shape index (κ1) is 25.7. The molecule has 0 radical (unpaired) electrons. The van der Waals surface area contributed by atoms with Crippen LogP contribution < -0.4 is 19.1 Å². The zero-order valence-corrected chi connectivity index (χ0v) is 21.4. The van der Waals surface area contributed by atoms with Crippen LogP contribution in [0.3, 0.4) is 0 Å². The third-order valence-corrected chi connectivity index (χ3v) is 7.44. The molecule has 7 nitrogen and oxygen atoms in total. The van der Waals surface area contributed by atoms with Gasteiger partial charge < -0.3 is 14.8 Å². The van der Waals surface area contributed by atoms with Gasteiger partial charge in [0.15, 0.2) is 11.5 Å². The number of methoxy groups -OCH3 is 2. The molecule has 3 aromatic carbocycles. The summed E-state index contributed by atoms with van der Waals surface area (Å²) in [4.78, 5) is 12.9.